The quantitative estimate of drug-likeness (QED) is 0.498. The van der Waals surface area contributed by atoms with Gasteiger partial charge in [-0.3, -0.25) is 4.55 Å². The second-order valence-corrected chi connectivity index (χ2v) is 7.88. The number of nitrogens with zero attached hydrogens (tertiary/aromatic N) is 1. The van der Waals surface area contributed by atoms with E-state index in [1.54, 1.807) is 30.3 Å². The maximum absolute atomic E-state index is 12.7. The Morgan fingerprint density at radius 3 is 2.28 bits per heavy atom. The zero-order chi connectivity index (χ0) is 23.3. The Hall–Kier alpha value is -3.89. The van der Waals surface area contributed by atoms with E-state index >= 15 is 0 Å². The zero-order valence-corrected chi connectivity index (χ0v) is 18.0. The van der Waals surface area contributed by atoms with Gasteiger partial charge in [0.2, 0.25) is 0 Å². The molecule has 3 rings (SSSR count). The molecule has 0 spiro atoms. The molecule has 0 amide bonds. The molecule has 0 radical (unpaired) electrons. The molecule has 1 aliphatic heterocycles. The van der Waals surface area contributed by atoms with Crippen molar-refractivity contribution >= 4 is 39.1 Å². The standard InChI is InChI=1S/C22H20N2O7S/c1-30-21(25)17-10-6-7-13-24(20(17)22(26)31-2)19-14-16(32(27,28)29)11-12-18(19)23-15-8-4-3-5-9-15/h3-14,23H,1-2H3,(H,27,28,29). The molecule has 0 aromatic heterocycles. The van der Waals surface area contributed by atoms with E-state index in [1.807, 2.05) is 6.07 Å². The molecule has 10 heteroatoms. The molecule has 2 aromatic carbocycles. The molecular formula is C22H20N2O7S. The fourth-order valence-electron chi connectivity index (χ4n) is 3.01. The molecule has 1 aliphatic rings. The van der Waals surface area contributed by atoms with Crippen LogP contribution in [0.4, 0.5) is 17.1 Å². The van der Waals surface area contributed by atoms with E-state index in [2.05, 4.69) is 5.32 Å². The van der Waals surface area contributed by atoms with Crippen molar-refractivity contribution in [3.8, 4) is 0 Å². The average Bonchev–Trinajstić information content (AvgIpc) is 3.01. The number of anilines is 3. The van der Waals surface area contributed by atoms with Gasteiger partial charge in [-0.1, -0.05) is 24.3 Å². The van der Waals surface area contributed by atoms with Crippen LogP contribution >= 0.6 is 0 Å². The Morgan fingerprint density at radius 2 is 1.66 bits per heavy atom. The highest BCUT2D eigenvalue weighted by atomic mass is 32.2. The number of benzene rings is 2. The number of esters is 2. The molecule has 1 heterocycles. The topological polar surface area (TPSA) is 122 Å². The van der Waals surface area contributed by atoms with Crippen molar-refractivity contribution in [2.75, 3.05) is 24.4 Å². The highest BCUT2D eigenvalue weighted by Crippen LogP contribution is 2.36. The molecular weight excluding hydrogens is 436 g/mol. The van der Waals surface area contributed by atoms with E-state index in [9.17, 15) is 22.6 Å². The molecule has 0 saturated carbocycles. The summed E-state index contributed by atoms with van der Waals surface area (Å²) < 4.78 is 42.9. The minimum atomic E-state index is -4.56. The second-order valence-electron chi connectivity index (χ2n) is 6.46. The van der Waals surface area contributed by atoms with Gasteiger partial charge in [0.25, 0.3) is 10.1 Å². The fourth-order valence-corrected chi connectivity index (χ4v) is 3.51. The SMILES string of the molecule is COC(=O)C1=C(C(=O)OC)N(c2cc(S(=O)(=O)O)ccc2Nc2ccccc2)C=CC=C1. The van der Waals surface area contributed by atoms with E-state index in [0.29, 0.717) is 11.4 Å². The lowest BCUT2D eigenvalue weighted by Gasteiger charge is -2.26. The average molecular weight is 456 g/mol. The minimum absolute atomic E-state index is 0.104. The van der Waals surface area contributed by atoms with Crippen LogP contribution in [0.5, 0.6) is 0 Å². The number of carbonyl (C=O) groups excluding carboxylic acids is 2. The molecule has 2 N–H and O–H groups in total. The third-order valence-corrected chi connectivity index (χ3v) is 5.32. The first-order valence-corrected chi connectivity index (χ1v) is 10.7. The van der Waals surface area contributed by atoms with Crippen LogP contribution in [0, 0.1) is 0 Å². The molecule has 0 aliphatic carbocycles. The van der Waals surface area contributed by atoms with Gasteiger partial charge in [-0.2, -0.15) is 8.42 Å². The van der Waals surface area contributed by atoms with Crippen molar-refractivity contribution in [2.45, 2.75) is 4.90 Å². The zero-order valence-electron chi connectivity index (χ0n) is 17.2. The Labute approximate surface area is 185 Å². The number of rotatable bonds is 6. The van der Waals surface area contributed by atoms with Crippen molar-refractivity contribution in [3.63, 3.8) is 0 Å². The van der Waals surface area contributed by atoms with Gasteiger partial charge in [0.1, 0.15) is 5.70 Å². The molecule has 0 saturated heterocycles. The van der Waals surface area contributed by atoms with Crippen LogP contribution in [0.25, 0.3) is 0 Å². The van der Waals surface area contributed by atoms with Crippen LogP contribution in [0.15, 0.2) is 89.1 Å². The van der Waals surface area contributed by atoms with Crippen LogP contribution in [-0.4, -0.2) is 39.1 Å². The summed E-state index contributed by atoms with van der Waals surface area (Å²) in [5, 5.41) is 3.14. The largest absolute Gasteiger partial charge is 0.465 e. The number of methoxy groups -OCH3 is 2. The second kappa shape index (κ2) is 9.50. The van der Waals surface area contributed by atoms with Crippen LogP contribution < -0.4 is 10.2 Å². The van der Waals surface area contributed by atoms with Crippen LogP contribution in [0.1, 0.15) is 0 Å². The van der Waals surface area contributed by atoms with Crippen molar-refractivity contribution in [2.24, 2.45) is 0 Å². The van der Waals surface area contributed by atoms with Crippen LogP contribution in [0.2, 0.25) is 0 Å². The molecule has 0 bridgehead atoms. The summed E-state index contributed by atoms with van der Waals surface area (Å²) >= 11 is 0. The lowest BCUT2D eigenvalue weighted by Crippen LogP contribution is -2.27. The molecule has 9 nitrogen and oxygen atoms in total. The van der Waals surface area contributed by atoms with Gasteiger partial charge in [-0.25, -0.2) is 9.59 Å². The summed E-state index contributed by atoms with van der Waals surface area (Å²) in [7, 11) is -2.24. The summed E-state index contributed by atoms with van der Waals surface area (Å²) in [6.45, 7) is 0. The summed E-state index contributed by atoms with van der Waals surface area (Å²) in [5.41, 5.74) is 0.925. The molecule has 0 unspecified atom stereocenters. The number of nitrogens with one attached hydrogen (secondary N) is 1. The Bertz CT molecular complexity index is 1230. The number of carbonyl (C=O) groups is 2. The van der Waals surface area contributed by atoms with Crippen LogP contribution in [0.3, 0.4) is 0 Å². The molecule has 32 heavy (non-hydrogen) atoms. The van der Waals surface area contributed by atoms with Gasteiger partial charge in [-0.05, 0) is 42.5 Å². The summed E-state index contributed by atoms with van der Waals surface area (Å²) in [6, 6.07) is 12.8. The van der Waals surface area contributed by atoms with Crippen molar-refractivity contribution in [3.05, 3.63) is 84.2 Å². The number of hydrogen-bond donors (Lipinski definition) is 2. The third kappa shape index (κ3) is 4.88. The first-order valence-electron chi connectivity index (χ1n) is 9.25. The van der Waals surface area contributed by atoms with E-state index in [0.717, 1.165) is 7.11 Å². The van der Waals surface area contributed by atoms with Gasteiger partial charge in [0, 0.05) is 11.9 Å². The summed E-state index contributed by atoms with van der Waals surface area (Å²) in [4.78, 5) is 26.0. The lowest BCUT2D eigenvalue weighted by atomic mass is 10.1. The van der Waals surface area contributed by atoms with Gasteiger partial charge < -0.3 is 19.7 Å². The third-order valence-electron chi connectivity index (χ3n) is 4.47. The summed E-state index contributed by atoms with van der Waals surface area (Å²) in [6.07, 6.45) is 5.90. The maximum atomic E-state index is 12.7. The van der Waals surface area contributed by atoms with Crippen LogP contribution in [-0.2, 0) is 29.2 Å². The van der Waals surface area contributed by atoms with E-state index < -0.39 is 27.0 Å². The smallest absolute Gasteiger partial charge is 0.355 e. The highest BCUT2D eigenvalue weighted by Gasteiger charge is 2.29. The molecule has 2 aromatic rings. The molecule has 0 fully saturated rings. The highest BCUT2D eigenvalue weighted by molar-refractivity contribution is 7.85. The summed E-state index contributed by atoms with van der Waals surface area (Å²) in [5.74, 6) is -1.65. The fraction of sp³-hybridized carbons (Fsp3) is 0.0909. The Morgan fingerprint density at radius 1 is 0.969 bits per heavy atom. The normalized spacial score (nSPS) is 13.5. The molecule has 0 atom stereocenters. The number of hydrogen-bond acceptors (Lipinski definition) is 8. The van der Waals surface area contributed by atoms with E-state index in [1.165, 1.54) is 48.6 Å². The number of para-hydroxylation sites is 1. The monoisotopic (exact) mass is 456 g/mol. The lowest BCUT2D eigenvalue weighted by molar-refractivity contribution is -0.139. The van der Waals surface area contributed by atoms with E-state index in [4.69, 9.17) is 9.47 Å². The maximum Gasteiger partial charge on any atom is 0.355 e. The van der Waals surface area contributed by atoms with Crippen molar-refractivity contribution in [1.29, 1.82) is 0 Å². The Kier molecular flexibility index (Phi) is 6.76. The van der Waals surface area contributed by atoms with E-state index in [-0.39, 0.29) is 17.0 Å². The first-order chi connectivity index (χ1) is 15.3. The number of allylic oxidation sites excluding steroid dienone is 2. The Balaban J connectivity index is 2.28. The predicted molar refractivity (Wildman–Crippen MR) is 118 cm³/mol. The van der Waals surface area contributed by atoms with Crippen molar-refractivity contribution < 1.29 is 32.0 Å². The number of ether oxygens (including phenoxy) is 2. The predicted octanol–water partition coefficient (Wildman–Crippen LogP) is 3.17. The minimum Gasteiger partial charge on any atom is -0.465 e. The van der Waals surface area contributed by atoms with Gasteiger partial charge in [0.15, 0.2) is 0 Å². The first kappa shape index (κ1) is 22.8. The van der Waals surface area contributed by atoms with Gasteiger partial charge in [0.05, 0.1) is 36.1 Å². The molecule has 166 valence electrons. The van der Waals surface area contributed by atoms with Crippen molar-refractivity contribution in [1.82, 2.24) is 0 Å². The van der Waals surface area contributed by atoms with Gasteiger partial charge >= 0.3 is 11.9 Å². The van der Waals surface area contributed by atoms with Gasteiger partial charge in [-0.15, -0.1) is 0 Å².